The van der Waals surface area contributed by atoms with Gasteiger partial charge in [-0.25, -0.2) is 0 Å². The first-order valence-corrected chi connectivity index (χ1v) is 4.23. The Labute approximate surface area is 77.8 Å². The van der Waals surface area contributed by atoms with Gasteiger partial charge in [0.1, 0.15) is 0 Å². The number of benzene rings is 1. The summed E-state index contributed by atoms with van der Waals surface area (Å²) in [4.78, 5) is 0. The molecule has 12 heavy (non-hydrogen) atoms. The molecule has 0 heterocycles. The summed E-state index contributed by atoms with van der Waals surface area (Å²) in [6.45, 7) is 3.62. The van der Waals surface area contributed by atoms with Gasteiger partial charge in [-0.1, -0.05) is 29.8 Å². The molecule has 0 spiro atoms. The number of hydrogen-bond acceptors (Lipinski definition) is 1. The maximum Gasteiger partial charge on any atom is 0.0406 e. The lowest BCUT2D eigenvalue weighted by atomic mass is 10.1. The highest BCUT2D eigenvalue weighted by atomic mass is 35.5. The first kappa shape index (κ1) is 9.30. The zero-order chi connectivity index (χ0) is 8.97. The molecule has 0 aliphatic rings. The van der Waals surface area contributed by atoms with E-state index >= 15 is 0 Å². The summed E-state index contributed by atoms with van der Waals surface area (Å²) in [7, 11) is 0. The molecule has 0 aliphatic heterocycles. The van der Waals surface area contributed by atoms with Crippen LogP contribution in [0.1, 0.15) is 5.56 Å². The van der Waals surface area contributed by atoms with Crippen molar-refractivity contribution in [3.05, 3.63) is 47.5 Å². The smallest absolute Gasteiger partial charge is 0.0406 e. The van der Waals surface area contributed by atoms with Crippen molar-refractivity contribution in [1.29, 1.82) is 0 Å². The van der Waals surface area contributed by atoms with Gasteiger partial charge in [-0.05, 0) is 24.1 Å². The van der Waals surface area contributed by atoms with Crippen LogP contribution in [0.4, 0.5) is 0 Å². The Hall–Kier alpha value is -0.790. The van der Waals surface area contributed by atoms with Gasteiger partial charge in [0.05, 0.1) is 0 Å². The Balaban J connectivity index is 2.64. The molecule has 2 N–H and O–H groups in total. The van der Waals surface area contributed by atoms with E-state index in [9.17, 15) is 0 Å². The maximum atomic E-state index is 5.73. The molecular formula is C10H12ClN. The Morgan fingerprint density at radius 2 is 2.00 bits per heavy atom. The second-order valence-corrected chi connectivity index (χ2v) is 3.17. The normalized spacial score (nSPS) is 12.5. The van der Waals surface area contributed by atoms with Crippen LogP contribution >= 0.6 is 11.6 Å². The van der Waals surface area contributed by atoms with Gasteiger partial charge in [-0.2, -0.15) is 0 Å². The third kappa shape index (κ3) is 2.68. The van der Waals surface area contributed by atoms with Crippen molar-refractivity contribution in [3.8, 4) is 0 Å². The third-order valence-corrected chi connectivity index (χ3v) is 1.94. The van der Waals surface area contributed by atoms with Crippen LogP contribution in [0, 0.1) is 0 Å². The van der Waals surface area contributed by atoms with E-state index in [1.54, 1.807) is 6.08 Å². The molecular weight excluding hydrogens is 170 g/mol. The van der Waals surface area contributed by atoms with Crippen LogP contribution in [-0.4, -0.2) is 6.04 Å². The van der Waals surface area contributed by atoms with E-state index in [1.807, 2.05) is 24.3 Å². The molecule has 1 unspecified atom stereocenters. The van der Waals surface area contributed by atoms with Gasteiger partial charge in [-0.15, -0.1) is 6.58 Å². The number of hydrogen-bond donors (Lipinski definition) is 1. The molecule has 0 aromatic heterocycles. The number of halogens is 1. The first-order valence-electron chi connectivity index (χ1n) is 3.85. The molecule has 1 rings (SSSR count). The van der Waals surface area contributed by atoms with Gasteiger partial charge in [-0.3, -0.25) is 0 Å². The maximum absolute atomic E-state index is 5.73. The predicted molar refractivity (Wildman–Crippen MR) is 53.3 cm³/mol. The summed E-state index contributed by atoms with van der Waals surface area (Å²) in [5.74, 6) is 0. The SMILES string of the molecule is C=CC(N)Cc1ccc(Cl)cc1. The van der Waals surface area contributed by atoms with Crippen molar-refractivity contribution < 1.29 is 0 Å². The molecule has 0 fully saturated rings. The Morgan fingerprint density at radius 1 is 1.42 bits per heavy atom. The van der Waals surface area contributed by atoms with Gasteiger partial charge < -0.3 is 5.73 Å². The topological polar surface area (TPSA) is 26.0 Å². The van der Waals surface area contributed by atoms with Crippen LogP contribution in [-0.2, 0) is 6.42 Å². The van der Waals surface area contributed by atoms with Crippen LogP contribution in [0.15, 0.2) is 36.9 Å². The van der Waals surface area contributed by atoms with Crippen molar-refractivity contribution in [2.75, 3.05) is 0 Å². The van der Waals surface area contributed by atoms with E-state index in [-0.39, 0.29) is 6.04 Å². The minimum Gasteiger partial charge on any atom is -0.324 e. The average Bonchev–Trinajstić information content (AvgIpc) is 2.09. The van der Waals surface area contributed by atoms with E-state index < -0.39 is 0 Å². The van der Waals surface area contributed by atoms with Crippen LogP contribution in [0.25, 0.3) is 0 Å². The van der Waals surface area contributed by atoms with Gasteiger partial charge in [0.25, 0.3) is 0 Å². The fraction of sp³-hybridized carbons (Fsp3) is 0.200. The van der Waals surface area contributed by atoms with Gasteiger partial charge in [0.15, 0.2) is 0 Å². The molecule has 0 radical (unpaired) electrons. The summed E-state index contributed by atoms with van der Waals surface area (Å²) in [6, 6.07) is 7.72. The lowest BCUT2D eigenvalue weighted by molar-refractivity contribution is 0.812. The van der Waals surface area contributed by atoms with Crippen molar-refractivity contribution in [1.82, 2.24) is 0 Å². The van der Waals surface area contributed by atoms with Crippen molar-refractivity contribution in [3.63, 3.8) is 0 Å². The molecule has 0 saturated heterocycles. The standard InChI is InChI=1S/C10H12ClN/c1-2-10(12)7-8-3-5-9(11)6-4-8/h2-6,10H,1,7,12H2. The van der Waals surface area contributed by atoms with Crippen LogP contribution < -0.4 is 5.73 Å². The second-order valence-electron chi connectivity index (χ2n) is 2.73. The molecule has 2 heteroatoms. The van der Waals surface area contributed by atoms with Crippen LogP contribution in [0.2, 0.25) is 5.02 Å². The molecule has 0 amide bonds. The van der Waals surface area contributed by atoms with E-state index in [0.717, 1.165) is 11.4 Å². The second kappa shape index (κ2) is 4.29. The quantitative estimate of drug-likeness (QED) is 0.713. The molecule has 0 aliphatic carbocycles. The zero-order valence-electron chi connectivity index (χ0n) is 6.83. The fourth-order valence-electron chi connectivity index (χ4n) is 0.976. The summed E-state index contributed by atoms with van der Waals surface area (Å²) in [5, 5.41) is 0.755. The first-order chi connectivity index (χ1) is 5.72. The molecule has 64 valence electrons. The lowest BCUT2D eigenvalue weighted by Gasteiger charge is -2.05. The Kier molecular flexibility index (Phi) is 3.32. The zero-order valence-corrected chi connectivity index (χ0v) is 7.59. The number of nitrogens with two attached hydrogens (primary N) is 1. The molecule has 1 nitrogen and oxygen atoms in total. The van der Waals surface area contributed by atoms with Crippen molar-refractivity contribution >= 4 is 11.6 Å². The Bertz CT molecular complexity index is 253. The molecule has 1 aromatic carbocycles. The number of rotatable bonds is 3. The van der Waals surface area contributed by atoms with Gasteiger partial charge >= 0.3 is 0 Å². The Morgan fingerprint density at radius 3 is 2.50 bits per heavy atom. The van der Waals surface area contributed by atoms with Gasteiger partial charge in [0.2, 0.25) is 0 Å². The lowest BCUT2D eigenvalue weighted by Crippen LogP contribution is -2.19. The summed E-state index contributed by atoms with van der Waals surface area (Å²) < 4.78 is 0. The minimum atomic E-state index is 0.0335. The summed E-state index contributed by atoms with van der Waals surface area (Å²) in [6.07, 6.45) is 2.56. The van der Waals surface area contributed by atoms with E-state index in [2.05, 4.69) is 6.58 Å². The highest BCUT2D eigenvalue weighted by molar-refractivity contribution is 6.30. The molecule has 0 bridgehead atoms. The largest absolute Gasteiger partial charge is 0.324 e. The van der Waals surface area contributed by atoms with Gasteiger partial charge in [0, 0.05) is 11.1 Å². The van der Waals surface area contributed by atoms with Crippen molar-refractivity contribution in [2.45, 2.75) is 12.5 Å². The van der Waals surface area contributed by atoms with Crippen LogP contribution in [0.5, 0.6) is 0 Å². The van der Waals surface area contributed by atoms with E-state index in [0.29, 0.717) is 0 Å². The molecule has 0 saturated carbocycles. The van der Waals surface area contributed by atoms with E-state index in [4.69, 9.17) is 17.3 Å². The minimum absolute atomic E-state index is 0.0335. The molecule has 1 aromatic rings. The average molecular weight is 182 g/mol. The molecule has 1 atom stereocenters. The van der Waals surface area contributed by atoms with Crippen LogP contribution in [0.3, 0.4) is 0 Å². The highest BCUT2D eigenvalue weighted by Gasteiger charge is 1.98. The van der Waals surface area contributed by atoms with E-state index in [1.165, 1.54) is 5.56 Å². The monoisotopic (exact) mass is 181 g/mol. The van der Waals surface area contributed by atoms with Crippen molar-refractivity contribution in [2.24, 2.45) is 5.73 Å². The highest BCUT2D eigenvalue weighted by Crippen LogP contribution is 2.10. The fourth-order valence-corrected chi connectivity index (χ4v) is 1.10. The summed E-state index contributed by atoms with van der Waals surface area (Å²) >= 11 is 5.73. The third-order valence-electron chi connectivity index (χ3n) is 1.69. The predicted octanol–water partition coefficient (Wildman–Crippen LogP) is 2.40. The summed E-state index contributed by atoms with van der Waals surface area (Å²) in [5.41, 5.74) is 6.88.